The molecule has 104 valence electrons. The number of anilines is 1. The molecule has 0 spiro atoms. The van der Waals surface area contributed by atoms with Crippen LogP contribution < -0.4 is 4.90 Å². The van der Waals surface area contributed by atoms with Gasteiger partial charge >= 0.3 is 5.97 Å². The van der Waals surface area contributed by atoms with Crippen LogP contribution in [0.1, 0.15) is 23.7 Å². The molecule has 0 aromatic heterocycles. The molecule has 1 heterocycles. The normalized spacial score (nSPS) is 18.7. The van der Waals surface area contributed by atoms with Crippen molar-refractivity contribution in [3.05, 3.63) is 29.6 Å². The van der Waals surface area contributed by atoms with Gasteiger partial charge in [0.25, 0.3) is 0 Å². The van der Waals surface area contributed by atoms with Gasteiger partial charge in [0, 0.05) is 20.2 Å². The zero-order valence-electron chi connectivity index (χ0n) is 11.2. The van der Waals surface area contributed by atoms with Gasteiger partial charge in [0.1, 0.15) is 5.82 Å². The number of hydrogen-bond acceptors (Lipinski definition) is 4. The van der Waals surface area contributed by atoms with E-state index in [0.29, 0.717) is 12.2 Å². The van der Waals surface area contributed by atoms with Crippen LogP contribution in [0.25, 0.3) is 0 Å². The summed E-state index contributed by atoms with van der Waals surface area (Å²) >= 11 is 0. The molecule has 0 saturated carbocycles. The van der Waals surface area contributed by atoms with E-state index in [1.165, 1.54) is 6.07 Å². The quantitative estimate of drug-likeness (QED) is 0.784. The summed E-state index contributed by atoms with van der Waals surface area (Å²) in [4.78, 5) is 13.4. The number of nitrogens with zero attached hydrogens (tertiary/aromatic N) is 1. The highest BCUT2D eigenvalue weighted by Gasteiger charge is 2.24. The number of carbonyl (C=O) groups is 1. The van der Waals surface area contributed by atoms with Crippen LogP contribution in [0.2, 0.25) is 0 Å². The minimum Gasteiger partial charge on any atom is -0.462 e. The predicted octanol–water partition coefficient (Wildman–Crippen LogP) is 2.23. The Hall–Kier alpha value is -1.62. The van der Waals surface area contributed by atoms with E-state index in [1.54, 1.807) is 26.2 Å². The van der Waals surface area contributed by atoms with Gasteiger partial charge in [-0.1, -0.05) is 0 Å². The van der Waals surface area contributed by atoms with Crippen LogP contribution in [0, 0.1) is 5.82 Å². The number of halogens is 1. The average Bonchev–Trinajstić information content (AvgIpc) is 2.87. The third-order valence-corrected chi connectivity index (χ3v) is 3.28. The Morgan fingerprint density at radius 2 is 2.32 bits per heavy atom. The van der Waals surface area contributed by atoms with Crippen molar-refractivity contribution in [1.82, 2.24) is 0 Å². The topological polar surface area (TPSA) is 38.8 Å². The average molecular weight is 267 g/mol. The second kappa shape index (κ2) is 6.02. The minimum absolute atomic E-state index is 0.143. The molecular weight excluding hydrogens is 249 g/mol. The summed E-state index contributed by atoms with van der Waals surface area (Å²) in [6, 6.07) is 4.45. The van der Waals surface area contributed by atoms with Gasteiger partial charge in [0.15, 0.2) is 0 Å². The van der Waals surface area contributed by atoms with Crippen molar-refractivity contribution in [2.75, 3.05) is 31.7 Å². The summed E-state index contributed by atoms with van der Waals surface area (Å²) in [5, 5.41) is 0. The van der Waals surface area contributed by atoms with Crippen LogP contribution in [0.5, 0.6) is 0 Å². The van der Waals surface area contributed by atoms with Gasteiger partial charge in [-0.2, -0.15) is 0 Å². The molecule has 0 N–H and O–H groups in total. The lowest BCUT2D eigenvalue weighted by Gasteiger charge is -2.19. The highest BCUT2D eigenvalue weighted by molar-refractivity contribution is 5.89. The highest BCUT2D eigenvalue weighted by Crippen LogP contribution is 2.25. The molecule has 2 rings (SSSR count). The number of benzene rings is 1. The Bertz CT molecular complexity index is 464. The summed E-state index contributed by atoms with van der Waals surface area (Å²) in [5.74, 6) is -0.897. The van der Waals surface area contributed by atoms with Crippen molar-refractivity contribution in [1.29, 1.82) is 0 Å². The molecule has 0 aliphatic carbocycles. The highest BCUT2D eigenvalue weighted by atomic mass is 19.1. The number of methoxy groups -OCH3 is 1. The van der Waals surface area contributed by atoms with Crippen LogP contribution >= 0.6 is 0 Å². The summed E-state index contributed by atoms with van der Waals surface area (Å²) in [6.07, 6.45) is 1.03. The smallest absolute Gasteiger partial charge is 0.338 e. The Morgan fingerprint density at radius 3 is 2.89 bits per heavy atom. The van der Waals surface area contributed by atoms with E-state index < -0.39 is 11.8 Å². The first-order chi connectivity index (χ1) is 9.15. The third kappa shape index (κ3) is 3.04. The van der Waals surface area contributed by atoms with Crippen LogP contribution in [-0.2, 0) is 9.47 Å². The molecule has 1 aliphatic heterocycles. The van der Waals surface area contributed by atoms with Crippen molar-refractivity contribution >= 4 is 11.7 Å². The van der Waals surface area contributed by atoms with E-state index in [1.807, 2.05) is 4.90 Å². The fourth-order valence-electron chi connectivity index (χ4n) is 2.24. The molecule has 0 amide bonds. The van der Waals surface area contributed by atoms with Crippen LogP contribution in [-0.4, -0.2) is 38.9 Å². The van der Waals surface area contributed by atoms with Gasteiger partial charge < -0.3 is 14.4 Å². The van der Waals surface area contributed by atoms with Gasteiger partial charge in [-0.05, 0) is 31.5 Å². The van der Waals surface area contributed by atoms with Crippen molar-refractivity contribution in [3.8, 4) is 0 Å². The number of rotatable bonds is 4. The SMILES string of the molecule is CCOC(=O)c1ccc(N2CCC(OC)C2)c(F)c1. The molecule has 1 atom stereocenters. The predicted molar refractivity (Wildman–Crippen MR) is 70.0 cm³/mol. The Morgan fingerprint density at radius 1 is 1.53 bits per heavy atom. The Kier molecular flexibility index (Phi) is 4.37. The lowest BCUT2D eigenvalue weighted by Crippen LogP contribution is -2.23. The second-order valence-corrected chi connectivity index (χ2v) is 4.48. The molecule has 0 bridgehead atoms. The maximum atomic E-state index is 14.0. The largest absolute Gasteiger partial charge is 0.462 e. The van der Waals surface area contributed by atoms with Gasteiger partial charge in [-0.25, -0.2) is 9.18 Å². The van der Waals surface area contributed by atoms with Crippen LogP contribution in [0.15, 0.2) is 18.2 Å². The summed E-state index contributed by atoms with van der Waals surface area (Å²) < 4.78 is 24.1. The monoisotopic (exact) mass is 267 g/mol. The molecule has 1 unspecified atom stereocenters. The fraction of sp³-hybridized carbons (Fsp3) is 0.500. The van der Waals surface area contributed by atoms with Crippen LogP contribution in [0.4, 0.5) is 10.1 Å². The van der Waals surface area contributed by atoms with Crippen molar-refractivity contribution in [2.24, 2.45) is 0 Å². The summed E-state index contributed by atoms with van der Waals surface area (Å²) in [6.45, 7) is 3.43. The molecule has 19 heavy (non-hydrogen) atoms. The molecule has 1 aromatic carbocycles. The maximum absolute atomic E-state index is 14.0. The van der Waals surface area contributed by atoms with E-state index in [-0.39, 0.29) is 18.3 Å². The van der Waals surface area contributed by atoms with Crippen LogP contribution in [0.3, 0.4) is 0 Å². The second-order valence-electron chi connectivity index (χ2n) is 4.48. The first-order valence-electron chi connectivity index (χ1n) is 6.40. The molecule has 1 aromatic rings. The van der Waals surface area contributed by atoms with E-state index in [9.17, 15) is 9.18 Å². The number of hydrogen-bond donors (Lipinski definition) is 0. The van der Waals surface area contributed by atoms with Gasteiger partial charge in [0.05, 0.1) is 24.0 Å². The molecule has 0 radical (unpaired) electrons. The number of esters is 1. The van der Waals surface area contributed by atoms with Gasteiger partial charge in [0.2, 0.25) is 0 Å². The van der Waals surface area contributed by atoms with Crippen molar-refractivity contribution < 1.29 is 18.7 Å². The number of carbonyl (C=O) groups excluding carboxylic acids is 1. The molecule has 1 fully saturated rings. The third-order valence-electron chi connectivity index (χ3n) is 3.28. The van der Waals surface area contributed by atoms with Crippen molar-refractivity contribution in [2.45, 2.75) is 19.4 Å². The fourth-order valence-corrected chi connectivity index (χ4v) is 2.24. The molecule has 1 saturated heterocycles. The standard InChI is InChI=1S/C14H18FNO3/c1-3-19-14(17)10-4-5-13(12(15)8-10)16-7-6-11(9-16)18-2/h4-5,8,11H,3,6-7,9H2,1-2H3. The van der Waals surface area contributed by atoms with Crippen molar-refractivity contribution in [3.63, 3.8) is 0 Å². The van der Waals surface area contributed by atoms with Gasteiger partial charge in [-0.3, -0.25) is 0 Å². The van der Waals surface area contributed by atoms with E-state index in [0.717, 1.165) is 13.0 Å². The summed E-state index contributed by atoms with van der Waals surface area (Å²) in [5.41, 5.74) is 0.748. The zero-order chi connectivity index (χ0) is 13.8. The lowest BCUT2D eigenvalue weighted by atomic mass is 10.2. The first kappa shape index (κ1) is 13.8. The van der Waals surface area contributed by atoms with E-state index in [4.69, 9.17) is 9.47 Å². The molecular formula is C14H18FNO3. The number of ether oxygens (including phenoxy) is 2. The molecule has 4 nitrogen and oxygen atoms in total. The lowest BCUT2D eigenvalue weighted by molar-refractivity contribution is 0.0526. The first-order valence-corrected chi connectivity index (χ1v) is 6.40. The Balaban J connectivity index is 2.13. The minimum atomic E-state index is -0.496. The maximum Gasteiger partial charge on any atom is 0.338 e. The summed E-state index contributed by atoms with van der Waals surface area (Å²) in [7, 11) is 1.66. The molecule has 1 aliphatic rings. The van der Waals surface area contributed by atoms with E-state index in [2.05, 4.69) is 0 Å². The van der Waals surface area contributed by atoms with E-state index >= 15 is 0 Å². The molecule has 5 heteroatoms. The Labute approximate surface area is 112 Å². The zero-order valence-corrected chi connectivity index (χ0v) is 11.2. The van der Waals surface area contributed by atoms with Gasteiger partial charge in [-0.15, -0.1) is 0 Å².